The van der Waals surface area contributed by atoms with Crippen molar-refractivity contribution in [1.29, 1.82) is 0 Å². The van der Waals surface area contributed by atoms with Gasteiger partial charge in [-0.1, -0.05) is 6.07 Å². The Morgan fingerprint density at radius 2 is 1.96 bits per heavy atom. The third kappa shape index (κ3) is 4.25. The molecule has 0 aliphatic carbocycles. The van der Waals surface area contributed by atoms with Gasteiger partial charge in [-0.3, -0.25) is 4.79 Å². The van der Waals surface area contributed by atoms with Gasteiger partial charge in [0.25, 0.3) is 5.91 Å². The highest BCUT2D eigenvalue weighted by Crippen LogP contribution is 2.34. The summed E-state index contributed by atoms with van der Waals surface area (Å²) >= 11 is 0. The van der Waals surface area contributed by atoms with Gasteiger partial charge in [-0.25, -0.2) is 13.1 Å². The van der Waals surface area contributed by atoms with Crippen LogP contribution >= 0.6 is 0 Å². The minimum atomic E-state index is -3.70. The van der Waals surface area contributed by atoms with Crippen LogP contribution in [0.1, 0.15) is 36.0 Å². The average Bonchev–Trinajstić information content (AvgIpc) is 2.61. The molecular formula is C18H26N2O5S. The van der Waals surface area contributed by atoms with Gasteiger partial charge in [0.2, 0.25) is 10.0 Å². The summed E-state index contributed by atoms with van der Waals surface area (Å²) in [5, 5.41) is 0. The van der Waals surface area contributed by atoms with Crippen LogP contribution in [0.3, 0.4) is 0 Å². The van der Waals surface area contributed by atoms with E-state index in [2.05, 4.69) is 4.72 Å². The first kappa shape index (κ1) is 19.3. The van der Waals surface area contributed by atoms with E-state index in [9.17, 15) is 13.2 Å². The van der Waals surface area contributed by atoms with Crippen molar-refractivity contribution >= 4 is 15.9 Å². The number of ether oxygens (including phenoxy) is 2. The molecule has 2 aliphatic rings. The molecule has 2 fully saturated rings. The van der Waals surface area contributed by atoms with Crippen LogP contribution in [0.2, 0.25) is 0 Å². The first-order chi connectivity index (χ1) is 12.3. The van der Waals surface area contributed by atoms with Gasteiger partial charge in [0.05, 0.1) is 10.5 Å². The van der Waals surface area contributed by atoms with Gasteiger partial charge < -0.3 is 14.4 Å². The fourth-order valence-electron chi connectivity index (χ4n) is 3.56. The smallest absolute Gasteiger partial charge is 0.253 e. The lowest BCUT2D eigenvalue weighted by Gasteiger charge is -2.43. The molecule has 0 radical (unpaired) electrons. The molecule has 1 amide bonds. The van der Waals surface area contributed by atoms with Crippen molar-refractivity contribution in [1.82, 2.24) is 9.62 Å². The van der Waals surface area contributed by atoms with Gasteiger partial charge in [0, 0.05) is 45.5 Å². The standard InChI is InChI=1S/C18H26N2O5S/c1-20(2)17(21)14-4-3-5-16(12-14)26(22,23)19-15-6-9-25-18(13-15)7-10-24-11-8-18/h3-5,12,15,19H,6-11,13H2,1-2H3/t15-/m0/s1. The predicted octanol–water partition coefficient (Wildman–Crippen LogP) is 1.39. The van der Waals surface area contributed by atoms with Gasteiger partial charge in [-0.05, 0) is 43.9 Å². The van der Waals surface area contributed by atoms with Crippen molar-refractivity contribution in [2.24, 2.45) is 0 Å². The van der Waals surface area contributed by atoms with Crippen LogP contribution in [0.5, 0.6) is 0 Å². The molecule has 1 N–H and O–H groups in total. The molecule has 1 aromatic rings. The molecule has 144 valence electrons. The predicted molar refractivity (Wildman–Crippen MR) is 96.5 cm³/mol. The van der Waals surface area contributed by atoms with Gasteiger partial charge in [-0.15, -0.1) is 0 Å². The van der Waals surface area contributed by atoms with E-state index >= 15 is 0 Å². The molecule has 2 heterocycles. The maximum absolute atomic E-state index is 12.8. The van der Waals surface area contributed by atoms with Gasteiger partial charge in [0.1, 0.15) is 0 Å². The molecule has 3 rings (SSSR count). The normalized spacial score (nSPS) is 22.9. The number of rotatable bonds is 4. The number of carbonyl (C=O) groups excluding carboxylic acids is 1. The summed E-state index contributed by atoms with van der Waals surface area (Å²) in [6.07, 6.45) is 2.86. The van der Waals surface area contributed by atoms with E-state index in [-0.39, 0.29) is 22.4 Å². The lowest BCUT2D eigenvalue weighted by molar-refractivity contribution is -0.138. The number of hydrogen-bond acceptors (Lipinski definition) is 5. The summed E-state index contributed by atoms with van der Waals surface area (Å²) in [4.78, 5) is 13.6. The summed E-state index contributed by atoms with van der Waals surface area (Å²) in [6, 6.07) is 5.97. The highest BCUT2D eigenvalue weighted by Gasteiger charge is 2.40. The Morgan fingerprint density at radius 3 is 2.65 bits per heavy atom. The molecule has 0 bridgehead atoms. The van der Waals surface area contributed by atoms with E-state index in [4.69, 9.17) is 9.47 Å². The summed E-state index contributed by atoms with van der Waals surface area (Å²) in [5.74, 6) is -0.228. The number of amides is 1. The van der Waals surface area contributed by atoms with Crippen LogP contribution in [-0.2, 0) is 19.5 Å². The molecular weight excluding hydrogens is 356 g/mol. The Morgan fingerprint density at radius 1 is 1.23 bits per heavy atom. The number of carbonyl (C=O) groups is 1. The number of hydrogen-bond donors (Lipinski definition) is 1. The van der Waals surface area contributed by atoms with E-state index in [0.717, 1.165) is 12.8 Å². The van der Waals surface area contributed by atoms with Gasteiger partial charge in [-0.2, -0.15) is 0 Å². The molecule has 8 heteroatoms. The number of nitrogens with zero attached hydrogens (tertiary/aromatic N) is 1. The van der Waals surface area contributed by atoms with Crippen molar-refractivity contribution in [2.45, 2.75) is 42.2 Å². The van der Waals surface area contributed by atoms with Crippen LogP contribution < -0.4 is 4.72 Å². The Labute approximate surface area is 154 Å². The number of sulfonamides is 1. The van der Waals surface area contributed by atoms with E-state index in [1.54, 1.807) is 26.2 Å². The van der Waals surface area contributed by atoms with Crippen LogP contribution in [0, 0.1) is 0 Å². The molecule has 1 aromatic carbocycles. The van der Waals surface area contributed by atoms with E-state index in [1.807, 2.05) is 0 Å². The topological polar surface area (TPSA) is 84.9 Å². The van der Waals surface area contributed by atoms with E-state index in [1.165, 1.54) is 17.0 Å². The maximum atomic E-state index is 12.8. The Hall–Kier alpha value is -1.48. The Bertz CT molecular complexity index is 751. The zero-order valence-electron chi connectivity index (χ0n) is 15.2. The summed E-state index contributed by atoms with van der Waals surface area (Å²) in [5.41, 5.74) is 0.0673. The summed E-state index contributed by atoms with van der Waals surface area (Å²) < 4.78 is 39.8. The Kier molecular flexibility index (Phi) is 5.67. The Balaban J connectivity index is 1.74. The average molecular weight is 382 g/mol. The zero-order valence-corrected chi connectivity index (χ0v) is 16.0. The van der Waals surface area contributed by atoms with E-state index < -0.39 is 10.0 Å². The number of nitrogens with one attached hydrogen (secondary N) is 1. The second-order valence-electron chi connectivity index (χ2n) is 7.18. The zero-order chi connectivity index (χ0) is 18.8. The molecule has 0 saturated carbocycles. The highest BCUT2D eigenvalue weighted by molar-refractivity contribution is 7.89. The van der Waals surface area contributed by atoms with Crippen LogP contribution in [0.25, 0.3) is 0 Å². The molecule has 1 atom stereocenters. The van der Waals surface area contributed by atoms with Crippen molar-refractivity contribution in [2.75, 3.05) is 33.9 Å². The molecule has 7 nitrogen and oxygen atoms in total. The minimum absolute atomic E-state index is 0.109. The lowest BCUT2D eigenvalue weighted by atomic mass is 9.84. The van der Waals surface area contributed by atoms with Crippen molar-refractivity contribution < 1.29 is 22.7 Å². The summed E-state index contributed by atoms with van der Waals surface area (Å²) in [7, 11) is -0.432. The third-order valence-corrected chi connectivity index (χ3v) is 6.53. The first-order valence-corrected chi connectivity index (χ1v) is 10.4. The largest absolute Gasteiger partial charge is 0.381 e. The van der Waals surface area contributed by atoms with Crippen LogP contribution in [0.15, 0.2) is 29.2 Å². The minimum Gasteiger partial charge on any atom is -0.381 e. The van der Waals surface area contributed by atoms with Gasteiger partial charge >= 0.3 is 0 Å². The quantitative estimate of drug-likeness (QED) is 0.851. The van der Waals surface area contributed by atoms with Gasteiger partial charge in [0.15, 0.2) is 0 Å². The van der Waals surface area contributed by atoms with Crippen molar-refractivity contribution in [3.05, 3.63) is 29.8 Å². The van der Waals surface area contributed by atoms with Crippen LogP contribution in [-0.4, -0.2) is 64.8 Å². The lowest BCUT2D eigenvalue weighted by Crippen LogP contribution is -2.50. The fraction of sp³-hybridized carbons (Fsp3) is 0.611. The van der Waals surface area contributed by atoms with Crippen molar-refractivity contribution in [3.63, 3.8) is 0 Å². The van der Waals surface area contributed by atoms with E-state index in [0.29, 0.717) is 38.2 Å². The second-order valence-corrected chi connectivity index (χ2v) is 8.90. The fourth-order valence-corrected chi connectivity index (χ4v) is 4.88. The molecule has 0 aromatic heterocycles. The van der Waals surface area contributed by atoms with Crippen LogP contribution in [0.4, 0.5) is 0 Å². The molecule has 2 aliphatic heterocycles. The molecule has 2 saturated heterocycles. The summed E-state index contributed by atoms with van der Waals surface area (Å²) in [6.45, 7) is 1.83. The first-order valence-electron chi connectivity index (χ1n) is 8.87. The SMILES string of the molecule is CN(C)C(=O)c1cccc(S(=O)(=O)N[C@H]2CCOC3(CCOCC3)C2)c1. The van der Waals surface area contributed by atoms with Crippen molar-refractivity contribution in [3.8, 4) is 0 Å². The third-order valence-electron chi connectivity index (χ3n) is 5.02. The molecule has 1 spiro atoms. The highest BCUT2D eigenvalue weighted by atomic mass is 32.2. The number of benzene rings is 1. The second kappa shape index (κ2) is 7.64. The maximum Gasteiger partial charge on any atom is 0.253 e. The monoisotopic (exact) mass is 382 g/mol. The molecule has 0 unspecified atom stereocenters. The molecule has 26 heavy (non-hydrogen) atoms.